The number of thiazole rings is 1. The van der Waals surface area contributed by atoms with Crippen LogP contribution in [-0.2, 0) is 11.2 Å². The predicted molar refractivity (Wildman–Crippen MR) is 115 cm³/mol. The molecule has 0 aliphatic heterocycles. The highest BCUT2D eigenvalue weighted by molar-refractivity contribution is 7.22. The van der Waals surface area contributed by atoms with Gasteiger partial charge in [0.05, 0.1) is 17.3 Å². The molecule has 1 N–H and O–H groups in total. The Morgan fingerprint density at radius 3 is 2.83 bits per heavy atom. The monoisotopic (exact) mass is 408 g/mol. The first-order valence-corrected chi connectivity index (χ1v) is 10.0. The number of hydrogen-bond donors (Lipinski definition) is 1. The molecule has 0 radical (unpaired) electrons. The summed E-state index contributed by atoms with van der Waals surface area (Å²) in [6.07, 6.45) is 0.466. The summed E-state index contributed by atoms with van der Waals surface area (Å²) in [5.74, 6) is 0.439. The van der Waals surface area contributed by atoms with Crippen molar-refractivity contribution in [2.45, 2.75) is 26.7 Å². The molecule has 0 aliphatic rings. The Bertz CT molecular complexity index is 1290. The smallest absolute Gasteiger partial charge is 0.339 e. The number of nitrogens with zero attached hydrogens (tertiary/aromatic N) is 1. The highest BCUT2D eigenvalue weighted by Crippen LogP contribution is 2.28. The van der Waals surface area contributed by atoms with Gasteiger partial charge in [0.25, 0.3) is 0 Å². The fourth-order valence-electron chi connectivity index (χ4n) is 3.35. The highest BCUT2D eigenvalue weighted by Gasteiger charge is 2.15. The standard InChI is InChI=1S/C22H20N2O4S/c1-12-5-4-6-18-20(12)24-22(29-18)23-19(25)10-9-16-13(2)15-8-7-14(27-3)11-17(15)28-21(16)26/h4-8,11H,9-10H2,1-3H3,(H,23,24,25). The number of hydrogen-bond acceptors (Lipinski definition) is 6. The number of aromatic nitrogens is 1. The second kappa shape index (κ2) is 7.67. The number of amides is 1. The van der Waals surface area contributed by atoms with Crippen molar-refractivity contribution in [3.8, 4) is 5.75 Å². The second-order valence-corrected chi connectivity index (χ2v) is 7.87. The van der Waals surface area contributed by atoms with E-state index in [0.29, 0.717) is 28.4 Å². The number of ether oxygens (including phenoxy) is 1. The van der Waals surface area contributed by atoms with Crippen LogP contribution in [0.5, 0.6) is 5.75 Å². The first kappa shape index (κ1) is 19.1. The van der Waals surface area contributed by atoms with Crippen LogP contribution in [0.25, 0.3) is 21.2 Å². The van der Waals surface area contributed by atoms with E-state index in [0.717, 1.165) is 26.7 Å². The molecule has 1 amide bonds. The SMILES string of the molecule is COc1ccc2c(C)c(CCC(=O)Nc3nc4c(C)cccc4s3)c(=O)oc2c1. The molecule has 4 rings (SSSR count). The van der Waals surface area contributed by atoms with Crippen molar-refractivity contribution in [2.75, 3.05) is 12.4 Å². The lowest BCUT2D eigenvalue weighted by Crippen LogP contribution is -2.16. The normalized spacial score (nSPS) is 11.1. The van der Waals surface area contributed by atoms with E-state index >= 15 is 0 Å². The first-order valence-electron chi connectivity index (χ1n) is 9.22. The minimum absolute atomic E-state index is 0.169. The summed E-state index contributed by atoms with van der Waals surface area (Å²) >= 11 is 1.44. The van der Waals surface area contributed by atoms with Gasteiger partial charge < -0.3 is 14.5 Å². The van der Waals surface area contributed by atoms with E-state index < -0.39 is 5.63 Å². The Hall–Kier alpha value is -3.19. The van der Waals surface area contributed by atoms with Gasteiger partial charge in [-0.25, -0.2) is 9.78 Å². The third-order valence-electron chi connectivity index (χ3n) is 4.96. The molecule has 0 spiro atoms. The number of carbonyl (C=O) groups excluding carboxylic acids is 1. The van der Waals surface area contributed by atoms with E-state index in [1.807, 2.05) is 44.2 Å². The minimum Gasteiger partial charge on any atom is -0.497 e. The van der Waals surface area contributed by atoms with E-state index in [9.17, 15) is 9.59 Å². The highest BCUT2D eigenvalue weighted by atomic mass is 32.1. The molecule has 0 saturated carbocycles. The van der Waals surface area contributed by atoms with Gasteiger partial charge in [-0.05, 0) is 49.6 Å². The van der Waals surface area contributed by atoms with Gasteiger partial charge in [-0.3, -0.25) is 4.79 Å². The largest absolute Gasteiger partial charge is 0.497 e. The first-order chi connectivity index (χ1) is 14.0. The molecule has 148 valence electrons. The number of nitrogens with one attached hydrogen (secondary N) is 1. The number of fused-ring (bicyclic) bond motifs is 2. The van der Waals surface area contributed by atoms with Gasteiger partial charge in [-0.15, -0.1) is 0 Å². The molecule has 0 unspecified atom stereocenters. The average Bonchev–Trinajstić information content (AvgIpc) is 3.11. The Kier molecular flexibility index (Phi) is 5.07. The summed E-state index contributed by atoms with van der Waals surface area (Å²) in [4.78, 5) is 29.3. The molecule has 2 aromatic carbocycles. The lowest BCUT2D eigenvalue weighted by molar-refractivity contribution is -0.116. The molecule has 0 bridgehead atoms. The van der Waals surface area contributed by atoms with Crippen molar-refractivity contribution in [1.82, 2.24) is 4.98 Å². The molecule has 0 saturated heterocycles. The fraction of sp³-hybridized carbons (Fsp3) is 0.227. The van der Waals surface area contributed by atoms with Crippen molar-refractivity contribution in [3.63, 3.8) is 0 Å². The number of benzene rings is 2. The number of methoxy groups -OCH3 is 1. The van der Waals surface area contributed by atoms with Crippen molar-refractivity contribution in [1.29, 1.82) is 0 Å². The molecule has 0 fully saturated rings. The van der Waals surface area contributed by atoms with Crippen LogP contribution in [0.3, 0.4) is 0 Å². The summed E-state index contributed by atoms with van der Waals surface area (Å²) < 4.78 is 11.6. The zero-order valence-electron chi connectivity index (χ0n) is 16.4. The maximum Gasteiger partial charge on any atom is 0.339 e. The summed E-state index contributed by atoms with van der Waals surface area (Å²) in [6.45, 7) is 3.86. The predicted octanol–water partition coefficient (Wildman–Crippen LogP) is 4.60. The van der Waals surface area contributed by atoms with E-state index in [1.54, 1.807) is 13.2 Å². The van der Waals surface area contributed by atoms with Crippen molar-refractivity contribution in [3.05, 3.63) is 63.5 Å². The number of carbonyl (C=O) groups is 1. The Balaban J connectivity index is 1.52. The van der Waals surface area contributed by atoms with Crippen LogP contribution < -0.4 is 15.7 Å². The van der Waals surface area contributed by atoms with Crippen LogP contribution in [-0.4, -0.2) is 18.0 Å². The molecule has 2 aromatic heterocycles. The zero-order valence-corrected chi connectivity index (χ0v) is 17.2. The summed E-state index contributed by atoms with van der Waals surface area (Å²) in [7, 11) is 1.56. The summed E-state index contributed by atoms with van der Waals surface area (Å²) in [6, 6.07) is 11.3. The van der Waals surface area contributed by atoms with Gasteiger partial charge in [0.15, 0.2) is 5.13 Å². The molecule has 6 nitrogen and oxygen atoms in total. The van der Waals surface area contributed by atoms with Gasteiger partial charge in [-0.2, -0.15) is 0 Å². The minimum atomic E-state index is -0.424. The van der Waals surface area contributed by atoms with E-state index in [2.05, 4.69) is 10.3 Å². The summed E-state index contributed by atoms with van der Waals surface area (Å²) in [5, 5.41) is 4.24. The van der Waals surface area contributed by atoms with Crippen LogP contribution in [0.4, 0.5) is 5.13 Å². The summed E-state index contributed by atoms with van der Waals surface area (Å²) in [5.41, 5.74) is 3.35. The van der Waals surface area contributed by atoms with Gasteiger partial charge >= 0.3 is 5.63 Å². The van der Waals surface area contributed by atoms with Crippen LogP contribution in [0, 0.1) is 13.8 Å². The topological polar surface area (TPSA) is 81.4 Å². The van der Waals surface area contributed by atoms with E-state index in [4.69, 9.17) is 9.15 Å². The van der Waals surface area contributed by atoms with E-state index in [-0.39, 0.29) is 12.3 Å². The zero-order chi connectivity index (χ0) is 20.5. The number of para-hydroxylation sites is 1. The second-order valence-electron chi connectivity index (χ2n) is 6.84. The molecule has 0 atom stereocenters. The Morgan fingerprint density at radius 1 is 1.24 bits per heavy atom. The molecule has 7 heteroatoms. The van der Waals surface area contributed by atoms with Crippen molar-refractivity contribution >= 4 is 43.6 Å². The van der Waals surface area contributed by atoms with Gasteiger partial charge in [0.1, 0.15) is 11.3 Å². The Labute approximate surface area is 171 Å². The van der Waals surface area contributed by atoms with Crippen LogP contribution in [0.15, 0.2) is 45.6 Å². The van der Waals surface area contributed by atoms with Crippen molar-refractivity contribution in [2.24, 2.45) is 0 Å². The quantitative estimate of drug-likeness (QED) is 0.488. The molecule has 29 heavy (non-hydrogen) atoms. The maximum absolute atomic E-state index is 12.4. The molecular formula is C22H20N2O4S. The van der Waals surface area contributed by atoms with Crippen LogP contribution >= 0.6 is 11.3 Å². The third kappa shape index (κ3) is 3.73. The lowest BCUT2D eigenvalue weighted by Gasteiger charge is -2.08. The molecule has 4 aromatic rings. The third-order valence-corrected chi connectivity index (χ3v) is 5.90. The van der Waals surface area contributed by atoms with Crippen molar-refractivity contribution < 1.29 is 13.9 Å². The lowest BCUT2D eigenvalue weighted by atomic mass is 10.0. The average molecular weight is 408 g/mol. The maximum atomic E-state index is 12.4. The van der Waals surface area contributed by atoms with E-state index in [1.165, 1.54) is 11.3 Å². The molecule has 0 aliphatic carbocycles. The molecule has 2 heterocycles. The number of rotatable bonds is 5. The van der Waals surface area contributed by atoms with Crippen LogP contribution in [0.2, 0.25) is 0 Å². The van der Waals surface area contributed by atoms with Gasteiger partial charge in [-0.1, -0.05) is 23.5 Å². The van der Waals surface area contributed by atoms with Gasteiger partial charge in [0, 0.05) is 23.4 Å². The van der Waals surface area contributed by atoms with Crippen LogP contribution in [0.1, 0.15) is 23.1 Å². The molecular weight excluding hydrogens is 388 g/mol. The Morgan fingerprint density at radius 2 is 2.07 bits per heavy atom. The van der Waals surface area contributed by atoms with Gasteiger partial charge in [0.2, 0.25) is 5.91 Å². The fourth-order valence-corrected chi connectivity index (χ4v) is 4.31. The number of aryl methyl sites for hydroxylation is 2. The number of anilines is 1.